The first-order chi connectivity index (χ1) is 9.69. The fourth-order valence-electron chi connectivity index (χ4n) is 2.12. The Morgan fingerprint density at radius 1 is 1.45 bits per heavy atom. The molecule has 2 rings (SSSR count). The van der Waals surface area contributed by atoms with E-state index >= 15 is 0 Å². The number of carbonyl (C=O) groups excluding carboxylic acids is 1. The van der Waals surface area contributed by atoms with Gasteiger partial charge in [0.1, 0.15) is 6.10 Å². The van der Waals surface area contributed by atoms with Gasteiger partial charge in [-0.2, -0.15) is 0 Å². The highest BCUT2D eigenvalue weighted by Crippen LogP contribution is 2.17. The van der Waals surface area contributed by atoms with Crippen molar-refractivity contribution in [1.82, 2.24) is 14.9 Å². The fraction of sp³-hybridized carbons (Fsp3) is 0.500. The first-order valence-electron chi connectivity index (χ1n) is 6.72. The van der Waals surface area contributed by atoms with Crippen molar-refractivity contribution in [2.75, 3.05) is 13.1 Å². The van der Waals surface area contributed by atoms with E-state index in [1.807, 2.05) is 4.90 Å². The first kappa shape index (κ1) is 15.0. The minimum atomic E-state index is 0.0830. The molecule has 0 saturated carbocycles. The van der Waals surface area contributed by atoms with Crippen molar-refractivity contribution in [1.29, 1.82) is 0 Å². The predicted octanol–water partition coefficient (Wildman–Crippen LogP) is 2.58. The largest absolute Gasteiger partial charge is 0.460 e. The van der Waals surface area contributed by atoms with Crippen molar-refractivity contribution in [2.24, 2.45) is 0 Å². The van der Waals surface area contributed by atoms with Gasteiger partial charge in [0.15, 0.2) is 0 Å². The highest BCUT2D eigenvalue weighted by molar-refractivity contribution is 9.10. The molecule has 0 spiro atoms. The zero-order valence-corrected chi connectivity index (χ0v) is 12.9. The summed E-state index contributed by atoms with van der Waals surface area (Å²) < 4.78 is 6.55. The van der Waals surface area contributed by atoms with Gasteiger partial charge in [-0.1, -0.05) is 6.08 Å². The smallest absolute Gasteiger partial charge is 0.316 e. The van der Waals surface area contributed by atoms with Crippen LogP contribution < -0.4 is 4.74 Å². The van der Waals surface area contributed by atoms with Crippen LogP contribution in [0.3, 0.4) is 0 Å². The molecule has 0 unspecified atom stereocenters. The Morgan fingerprint density at radius 3 is 2.70 bits per heavy atom. The lowest BCUT2D eigenvalue weighted by Crippen LogP contribution is -2.41. The van der Waals surface area contributed by atoms with Gasteiger partial charge < -0.3 is 9.64 Å². The van der Waals surface area contributed by atoms with Crippen molar-refractivity contribution in [3.05, 3.63) is 29.5 Å². The molecule has 0 aromatic carbocycles. The molecule has 0 radical (unpaired) electrons. The molecule has 108 valence electrons. The summed E-state index contributed by atoms with van der Waals surface area (Å²) in [5, 5.41) is 0. The van der Waals surface area contributed by atoms with E-state index in [9.17, 15) is 4.79 Å². The van der Waals surface area contributed by atoms with Gasteiger partial charge in [-0.3, -0.25) is 4.79 Å². The molecule has 1 aromatic heterocycles. The lowest BCUT2D eigenvalue weighted by Gasteiger charge is -2.31. The number of hydrogen-bond donors (Lipinski definition) is 0. The van der Waals surface area contributed by atoms with E-state index in [-0.39, 0.29) is 12.0 Å². The summed E-state index contributed by atoms with van der Waals surface area (Å²) >= 11 is 3.28. The van der Waals surface area contributed by atoms with Crippen molar-refractivity contribution in [2.45, 2.75) is 31.8 Å². The van der Waals surface area contributed by atoms with E-state index in [1.165, 1.54) is 0 Å². The van der Waals surface area contributed by atoms with Gasteiger partial charge in [0, 0.05) is 44.7 Å². The van der Waals surface area contributed by atoms with Crippen molar-refractivity contribution >= 4 is 21.8 Å². The molecule has 20 heavy (non-hydrogen) atoms. The summed E-state index contributed by atoms with van der Waals surface area (Å²) in [4.78, 5) is 22.0. The third kappa shape index (κ3) is 4.30. The molecule has 2 heterocycles. The maximum Gasteiger partial charge on any atom is 0.316 e. The summed E-state index contributed by atoms with van der Waals surface area (Å²) in [7, 11) is 0. The molecule has 1 aliphatic heterocycles. The molecule has 1 amide bonds. The fourth-order valence-corrected chi connectivity index (χ4v) is 2.32. The van der Waals surface area contributed by atoms with Crippen molar-refractivity contribution in [3.8, 4) is 6.01 Å². The van der Waals surface area contributed by atoms with Gasteiger partial charge >= 0.3 is 6.01 Å². The van der Waals surface area contributed by atoms with Crippen LogP contribution in [-0.4, -0.2) is 40.0 Å². The Hall–Kier alpha value is -1.43. The topological polar surface area (TPSA) is 55.3 Å². The van der Waals surface area contributed by atoms with E-state index in [4.69, 9.17) is 4.74 Å². The van der Waals surface area contributed by atoms with Crippen molar-refractivity contribution in [3.63, 3.8) is 0 Å². The highest BCUT2D eigenvalue weighted by atomic mass is 79.9. The molecule has 5 nitrogen and oxygen atoms in total. The van der Waals surface area contributed by atoms with Gasteiger partial charge in [0.25, 0.3) is 0 Å². The third-order valence-corrected chi connectivity index (χ3v) is 3.64. The number of amides is 1. The summed E-state index contributed by atoms with van der Waals surface area (Å²) in [6.07, 6.45) is 8.11. The predicted molar refractivity (Wildman–Crippen MR) is 79.4 cm³/mol. The lowest BCUT2D eigenvalue weighted by molar-refractivity contribution is -0.132. The summed E-state index contributed by atoms with van der Waals surface area (Å²) in [6, 6.07) is 0.393. The number of piperidine rings is 1. The SMILES string of the molecule is C=CCCC(=O)N1CCC(Oc2ncc(Br)cn2)CC1. The minimum absolute atomic E-state index is 0.0830. The van der Waals surface area contributed by atoms with Gasteiger partial charge in [-0.15, -0.1) is 6.58 Å². The van der Waals surface area contributed by atoms with E-state index in [0.717, 1.165) is 36.8 Å². The molecule has 1 saturated heterocycles. The molecule has 1 aromatic rings. The maximum atomic E-state index is 11.9. The molecular formula is C14H18BrN3O2. The number of rotatable bonds is 5. The molecule has 1 aliphatic rings. The van der Waals surface area contributed by atoms with E-state index in [0.29, 0.717) is 12.4 Å². The molecular weight excluding hydrogens is 322 g/mol. The van der Waals surface area contributed by atoms with Gasteiger partial charge in [0.05, 0.1) is 4.47 Å². The average molecular weight is 340 g/mol. The molecule has 0 aliphatic carbocycles. The number of allylic oxidation sites excluding steroid dienone is 1. The molecule has 1 fully saturated rings. The monoisotopic (exact) mass is 339 g/mol. The molecule has 0 atom stereocenters. The van der Waals surface area contributed by atoms with Crippen LogP contribution in [0, 0.1) is 0 Å². The summed E-state index contributed by atoms with van der Waals surface area (Å²) in [5.74, 6) is 0.197. The number of nitrogens with zero attached hydrogens (tertiary/aromatic N) is 3. The zero-order valence-electron chi connectivity index (χ0n) is 11.3. The van der Waals surface area contributed by atoms with Crippen LogP contribution in [0.4, 0.5) is 0 Å². The Kier molecular flexibility index (Phi) is 5.52. The zero-order chi connectivity index (χ0) is 14.4. The van der Waals surface area contributed by atoms with E-state index in [2.05, 4.69) is 32.5 Å². The number of ether oxygens (including phenoxy) is 1. The summed E-state index contributed by atoms with van der Waals surface area (Å²) in [6.45, 7) is 5.10. The first-order valence-corrected chi connectivity index (χ1v) is 7.51. The average Bonchev–Trinajstić information content (AvgIpc) is 2.48. The molecule has 0 bridgehead atoms. The summed E-state index contributed by atoms with van der Waals surface area (Å²) in [5.41, 5.74) is 0. The normalized spacial score (nSPS) is 15.9. The van der Waals surface area contributed by atoms with Gasteiger partial charge in [-0.05, 0) is 22.4 Å². The lowest BCUT2D eigenvalue weighted by atomic mass is 10.1. The Labute approximate surface area is 127 Å². The standard InChI is InChI=1S/C14H18BrN3O2/c1-2-3-4-13(19)18-7-5-12(6-8-18)20-14-16-9-11(15)10-17-14/h2,9-10,12H,1,3-8H2. The van der Waals surface area contributed by atoms with Crippen molar-refractivity contribution < 1.29 is 9.53 Å². The quantitative estimate of drug-likeness (QED) is 0.773. The number of halogens is 1. The minimum Gasteiger partial charge on any atom is -0.460 e. The highest BCUT2D eigenvalue weighted by Gasteiger charge is 2.23. The van der Waals surface area contributed by atoms with Crippen LogP contribution in [0.25, 0.3) is 0 Å². The van der Waals surface area contributed by atoms with Crippen LogP contribution in [0.1, 0.15) is 25.7 Å². The van der Waals surface area contributed by atoms with Gasteiger partial charge in [-0.25, -0.2) is 9.97 Å². The third-order valence-electron chi connectivity index (χ3n) is 3.23. The second-order valence-electron chi connectivity index (χ2n) is 4.71. The molecule has 6 heteroatoms. The van der Waals surface area contributed by atoms with Crippen LogP contribution in [-0.2, 0) is 4.79 Å². The number of likely N-dealkylation sites (tertiary alicyclic amines) is 1. The van der Waals surface area contributed by atoms with Crippen LogP contribution in [0.5, 0.6) is 6.01 Å². The van der Waals surface area contributed by atoms with Crippen LogP contribution >= 0.6 is 15.9 Å². The maximum absolute atomic E-state index is 11.9. The number of hydrogen-bond acceptors (Lipinski definition) is 4. The Balaban J connectivity index is 1.78. The van der Waals surface area contributed by atoms with Gasteiger partial charge in [0.2, 0.25) is 5.91 Å². The number of aromatic nitrogens is 2. The second-order valence-corrected chi connectivity index (χ2v) is 5.62. The van der Waals surface area contributed by atoms with Crippen LogP contribution in [0.15, 0.2) is 29.5 Å². The number of carbonyl (C=O) groups is 1. The molecule has 0 N–H and O–H groups in total. The Bertz CT molecular complexity index is 456. The van der Waals surface area contributed by atoms with Crippen LogP contribution in [0.2, 0.25) is 0 Å². The second kappa shape index (κ2) is 7.38. The van der Waals surface area contributed by atoms with E-state index in [1.54, 1.807) is 18.5 Å². The van der Waals surface area contributed by atoms with E-state index < -0.39 is 0 Å². The Morgan fingerprint density at radius 2 is 2.10 bits per heavy atom.